The van der Waals surface area contributed by atoms with Gasteiger partial charge in [0, 0.05) is 37.9 Å². The predicted octanol–water partition coefficient (Wildman–Crippen LogP) is 3.77. The van der Waals surface area contributed by atoms with Crippen LogP contribution in [0, 0.1) is 5.41 Å². The maximum Gasteiger partial charge on any atom is 0.327 e. The standard InChI is InChI=1S/C44H43N3O9/c48-20-19-45-40(50)31-13-6-8-29(21-31)25-46-42(52)44-24-35-36-37(55-43(54-36)22-32-10-1-2-11-33(32)23-43)39(44)56-47(38(44)41(51)53-35)26-28-17-15-27(16-18-28)7-5-12-30-9-3-4-14-34(30)49/h1-11,13-18,21,35-39,48-49H,12,19-20,22-26H2,(H,45,50)(H,46,52)/t35-,36+,37+,38+,39-,44+/m1/s1. The maximum absolute atomic E-state index is 14.8. The van der Waals surface area contributed by atoms with E-state index < -0.39 is 47.6 Å². The van der Waals surface area contributed by atoms with Gasteiger partial charge < -0.3 is 35.1 Å². The van der Waals surface area contributed by atoms with E-state index >= 15 is 0 Å². The molecule has 2 aliphatic carbocycles. The highest BCUT2D eigenvalue weighted by Gasteiger charge is 2.76. The maximum atomic E-state index is 14.8. The van der Waals surface area contributed by atoms with Crippen LogP contribution in [0.1, 0.15) is 50.2 Å². The Morgan fingerprint density at radius 3 is 2.39 bits per heavy atom. The first-order valence-electron chi connectivity index (χ1n) is 19.1. The van der Waals surface area contributed by atoms with Gasteiger partial charge in [0.15, 0.2) is 11.8 Å². The number of phenols is 1. The molecular weight excluding hydrogens is 714 g/mol. The molecule has 3 heterocycles. The summed E-state index contributed by atoms with van der Waals surface area (Å²) in [6, 6.07) is 29.1. The van der Waals surface area contributed by atoms with E-state index in [1.165, 1.54) is 0 Å². The minimum Gasteiger partial charge on any atom is -0.508 e. The number of hydrogen-bond acceptors (Lipinski definition) is 10. The van der Waals surface area contributed by atoms with E-state index in [0.29, 0.717) is 30.4 Å². The van der Waals surface area contributed by atoms with Crippen LogP contribution < -0.4 is 10.6 Å². The molecule has 56 heavy (non-hydrogen) atoms. The number of allylic oxidation sites excluding steroid dienone is 1. The number of fused-ring (bicyclic) bond motifs is 5. The molecule has 6 atom stereocenters. The fraction of sp³-hybridized carbons (Fsp3) is 0.341. The molecule has 5 aliphatic rings. The SMILES string of the molecule is O=C(NCCO)c1cccc(CNC(=O)[C@@]23C[C@H]4OC(=O)[C@@H]2N(Cc2ccc(C=CCc5ccccc5O)cc2)O[C@@H]3[C@H]2OC3(Cc5ccccc5C3)O[C@H]24)c1. The van der Waals surface area contributed by atoms with E-state index in [0.717, 1.165) is 27.8 Å². The molecule has 3 saturated heterocycles. The van der Waals surface area contributed by atoms with Gasteiger partial charge >= 0.3 is 5.97 Å². The number of rotatable bonds is 11. The fourth-order valence-corrected chi connectivity index (χ4v) is 9.12. The molecule has 4 aromatic rings. The van der Waals surface area contributed by atoms with E-state index in [2.05, 4.69) is 22.8 Å². The number of hydrogen-bond donors (Lipinski definition) is 4. The molecule has 0 unspecified atom stereocenters. The monoisotopic (exact) mass is 757 g/mol. The lowest BCUT2D eigenvalue weighted by Crippen LogP contribution is -2.69. The molecule has 4 N–H and O–H groups in total. The number of nitrogens with zero attached hydrogens (tertiary/aromatic N) is 1. The molecule has 288 valence electrons. The second kappa shape index (κ2) is 14.6. The van der Waals surface area contributed by atoms with Gasteiger partial charge in [0.25, 0.3) is 5.91 Å². The van der Waals surface area contributed by atoms with Gasteiger partial charge in [-0.15, -0.1) is 0 Å². The zero-order valence-corrected chi connectivity index (χ0v) is 30.6. The van der Waals surface area contributed by atoms with Crippen LogP contribution in [-0.2, 0) is 61.0 Å². The Bertz CT molecular complexity index is 2170. The van der Waals surface area contributed by atoms with Gasteiger partial charge in [-0.3, -0.25) is 19.2 Å². The van der Waals surface area contributed by atoms with Crippen molar-refractivity contribution in [3.05, 3.63) is 142 Å². The Hall–Kier alpha value is -5.37. The van der Waals surface area contributed by atoms with Crippen LogP contribution in [-0.4, -0.2) is 82.5 Å². The number of carbonyl (C=O) groups excluding carboxylic acids is 3. The molecule has 12 heteroatoms. The summed E-state index contributed by atoms with van der Waals surface area (Å²) in [4.78, 5) is 48.2. The molecule has 4 aromatic carbocycles. The first-order valence-corrected chi connectivity index (χ1v) is 19.1. The number of aliphatic hydroxyl groups excluding tert-OH is 1. The van der Waals surface area contributed by atoms with Crippen LogP contribution >= 0.6 is 0 Å². The molecular formula is C44H43N3O9. The van der Waals surface area contributed by atoms with Crippen molar-refractivity contribution in [2.75, 3.05) is 13.2 Å². The van der Waals surface area contributed by atoms with Crippen molar-refractivity contribution in [1.29, 1.82) is 0 Å². The molecule has 4 fully saturated rings. The summed E-state index contributed by atoms with van der Waals surface area (Å²) < 4.78 is 19.7. The Morgan fingerprint density at radius 1 is 0.875 bits per heavy atom. The number of aliphatic hydroxyl groups is 1. The molecule has 9 rings (SSSR count). The minimum absolute atomic E-state index is 0.102. The third-order valence-electron chi connectivity index (χ3n) is 11.7. The van der Waals surface area contributed by atoms with E-state index in [-0.39, 0.29) is 50.2 Å². The average Bonchev–Trinajstić information content (AvgIpc) is 3.89. The minimum atomic E-state index is -1.36. The number of benzene rings is 4. The second-order valence-electron chi connectivity index (χ2n) is 15.3. The largest absolute Gasteiger partial charge is 0.508 e. The second-order valence-corrected chi connectivity index (χ2v) is 15.3. The molecule has 1 saturated carbocycles. The molecule has 2 amide bonds. The fourth-order valence-electron chi connectivity index (χ4n) is 9.12. The normalized spacial score (nSPS) is 26.9. The molecule has 0 radical (unpaired) electrons. The summed E-state index contributed by atoms with van der Waals surface area (Å²) in [6.07, 6.45) is 2.93. The highest BCUT2D eigenvalue weighted by molar-refractivity contribution is 5.95. The number of esters is 1. The van der Waals surface area contributed by atoms with E-state index in [4.69, 9.17) is 24.2 Å². The third-order valence-corrected chi connectivity index (χ3v) is 11.7. The number of aromatic hydroxyl groups is 1. The van der Waals surface area contributed by atoms with Crippen LogP contribution in [0.5, 0.6) is 5.75 Å². The van der Waals surface area contributed by atoms with Crippen molar-refractivity contribution in [3.8, 4) is 5.75 Å². The quantitative estimate of drug-likeness (QED) is 0.166. The van der Waals surface area contributed by atoms with Crippen LogP contribution in [0.4, 0.5) is 0 Å². The summed E-state index contributed by atoms with van der Waals surface area (Å²) in [7, 11) is 0. The smallest absolute Gasteiger partial charge is 0.327 e. The topological polar surface area (TPSA) is 156 Å². The van der Waals surface area contributed by atoms with Crippen LogP contribution in [0.3, 0.4) is 0 Å². The first-order chi connectivity index (χ1) is 27.2. The van der Waals surface area contributed by atoms with Gasteiger partial charge in [0.1, 0.15) is 35.6 Å². The number of ether oxygens (including phenoxy) is 3. The highest BCUT2D eigenvalue weighted by atomic mass is 16.8. The van der Waals surface area contributed by atoms with E-state index in [9.17, 15) is 19.5 Å². The predicted molar refractivity (Wildman–Crippen MR) is 202 cm³/mol. The highest BCUT2D eigenvalue weighted by Crippen LogP contribution is 2.58. The van der Waals surface area contributed by atoms with Gasteiger partial charge in [0.05, 0.1) is 13.2 Å². The van der Waals surface area contributed by atoms with Gasteiger partial charge in [-0.2, -0.15) is 5.06 Å². The zero-order chi connectivity index (χ0) is 38.4. The van der Waals surface area contributed by atoms with Crippen molar-refractivity contribution >= 4 is 23.9 Å². The number of phenolic OH excluding ortho intramolecular Hbond substituents is 1. The summed E-state index contributed by atoms with van der Waals surface area (Å²) >= 11 is 0. The summed E-state index contributed by atoms with van der Waals surface area (Å²) in [5, 5.41) is 26.5. The summed E-state index contributed by atoms with van der Waals surface area (Å²) in [5.41, 5.74) is 4.67. The Morgan fingerprint density at radius 2 is 1.62 bits per heavy atom. The van der Waals surface area contributed by atoms with Crippen molar-refractivity contribution in [2.24, 2.45) is 5.41 Å². The molecule has 0 aromatic heterocycles. The number of para-hydroxylation sites is 1. The summed E-state index contributed by atoms with van der Waals surface area (Å²) in [6.45, 7) is 0.258. The number of nitrogens with one attached hydrogen (secondary N) is 2. The van der Waals surface area contributed by atoms with Crippen LogP contribution in [0.25, 0.3) is 6.08 Å². The van der Waals surface area contributed by atoms with Gasteiger partial charge in [0.2, 0.25) is 5.91 Å². The van der Waals surface area contributed by atoms with E-state index in [1.807, 2.05) is 66.7 Å². The van der Waals surface area contributed by atoms with Crippen molar-refractivity contribution < 1.29 is 43.6 Å². The first kappa shape index (κ1) is 36.3. The Labute approximate surface area is 324 Å². The van der Waals surface area contributed by atoms with Gasteiger partial charge in [-0.1, -0.05) is 91.0 Å². The lowest BCUT2D eigenvalue weighted by molar-refractivity contribution is -0.217. The van der Waals surface area contributed by atoms with E-state index in [1.54, 1.807) is 35.4 Å². The number of hydroxylamine groups is 2. The summed E-state index contributed by atoms with van der Waals surface area (Å²) in [5.74, 6) is -1.96. The molecule has 3 aliphatic heterocycles. The van der Waals surface area contributed by atoms with Crippen molar-refractivity contribution in [2.45, 2.75) is 75.0 Å². The molecule has 2 bridgehead atoms. The molecule has 1 spiro atoms. The number of carbonyl (C=O) groups is 3. The third kappa shape index (κ3) is 6.47. The molecule has 12 nitrogen and oxygen atoms in total. The van der Waals surface area contributed by atoms with Crippen molar-refractivity contribution in [1.82, 2.24) is 15.7 Å². The van der Waals surface area contributed by atoms with Gasteiger partial charge in [-0.05, 0) is 58.0 Å². The average molecular weight is 758 g/mol. The zero-order valence-electron chi connectivity index (χ0n) is 30.6. The van der Waals surface area contributed by atoms with Crippen LogP contribution in [0.2, 0.25) is 0 Å². The van der Waals surface area contributed by atoms with Gasteiger partial charge in [-0.25, -0.2) is 0 Å². The Balaban J connectivity index is 0.981. The number of amides is 2. The van der Waals surface area contributed by atoms with Crippen LogP contribution in [0.15, 0.2) is 103 Å². The lowest BCUT2D eigenvalue weighted by atomic mass is 9.62. The van der Waals surface area contributed by atoms with Crippen molar-refractivity contribution in [3.63, 3.8) is 0 Å². The Kier molecular flexibility index (Phi) is 9.46. The lowest BCUT2D eigenvalue weighted by Gasteiger charge is -2.48.